The van der Waals surface area contributed by atoms with E-state index >= 15 is 0 Å². The molecule has 0 fully saturated rings. The summed E-state index contributed by atoms with van der Waals surface area (Å²) in [4.78, 5) is 22.1. The molecule has 0 saturated carbocycles. The average molecular weight is 302 g/mol. The molecule has 0 heterocycles. The second-order valence-corrected chi connectivity index (χ2v) is 4.59. The number of rotatable bonds is 7. The van der Waals surface area contributed by atoms with Gasteiger partial charge in [-0.25, -0.2) is 4.79 Å². The lowest BCUT2D eigenvalue weighted by molar-refractivity contribution is -0.147. The molecule has 0 aliphatic rings. The van der Waals surface area contributed by atoms with Crippen LogP contribution in [-0.2, 0) is 9.59 Å². The number of benzene rings is 1. The highest BCUT2D eigenvalue weighted by atomic mass is 35.5. The third-order valence-electron chi connectivity index (χ3n) is 2.48. The zero-order chi connectivity index (χ0) is 15.1. The summed E-state index contributed by atoms with van der Waals surface area (Å²) in [5, 5.41) is 20.5. The number of aliphatic carboxylic acids is 1. The normalized spacial score (nSPS) is 13.3. The maximum Gasteiger partial charge on any atom is 0.332 e. The average Bonchev–Trinajstić information content (AvgIpc) is 2.38. The Morgan fingerprint density at radius 2 is 2.15 bits per heavy atom. The molecule has 2 atom stereocenters. The van der Waals surface area contributed by atoms with Crippen LogP contribution >= 0.6 is 11.6 Å². The van der Waals surface area contributed by atoms with E-state index in [9.17, 15) is 9.59 Å². The number of nitrogens with one attached hydrogen (secondary N) is 1. The number of halogens is 1. The van der Waals surface area contributed by atoms with Gasteiger partial charge in [0, 0.05) is 18.0 Å². The lowest BCUT2D eigenvalue weighted by Crippen LogP contribution is -2.38. The monoisotopic (exact) mass is 301 g/mol. The van der Waals surface area contributed by atoms with Gasteiger partial charge in [-0.3, -0.25) is 4.79 Å². The molecule has 7 heteroatoms. The number of amides is 1. The predicted octanol–water partition coefficient (Wildman–Crippen LogP) is 1.06. The fourth-order valence-corrected chi connectivity index (χ4v) is 1.58. The molecule has 0 saturated heterocycles. The summed E-state index contributed by atoms with van der Waals surface area (Å²) in [5.74, 6) is -1.25. The van der Waals surface area contributed by atoms with Crippen molar-refractivity contribution in [1.29, 1.82) is 0 Å². The molecule has 3 N–H and O–H groups in total. The van der Waals surface area contributed by atoms with Crippen LogP contribution in [0.15, 0.2) is 24.3 Å². The molecule has 0 aromatic heterocycles. The number of aliphatic hydroxyl groups excluding tert-OH is 1. The first kappa shape index (κ1) is 16.3. The van der Waals surface area contributed by atoms with E-state index in [-0.39, 0.29) is 13.0 Å². The zero-order valence-corrected chi connectivity index (χ0v) is 11.6. The quantitative estimate of drug-likeness (QED) is 0.700. The highest BCUT2D eigenvalue weighted by Gasteiger charge is 2.17. The van der Waals surface area contributed by atoms with Crippen molar-refractivity contribution in [1.82, 2.24) is 5.32 Å². The van der Waals surface area contributed by atoms with Gasteiger partial charge >= 0.3 is 5.97 Å². The molecule has 1 aromatic carbocycles. The Kier molecular flexibility index (Phi) is 6.27. The minimum atomic E-state index is -1.49. The van der Waals surface area contributed by atoms with E-state index < -0.39 is 24.1 Å². The van der Waals surface area contributed by atoms with Crippen LogP contribution in [0.3, 0.4) is 0 Å². The first-order valence-corrected chi connectivity index (χ1v) is 6.38. The maximum absolute atomic E-state index is 11.7. The van der Waals surface area contributed by atoms with Gasteiger partial charge in [0.2, 0.25) is 0 Å². The zero-order valence-electron chi connectivity index (χ0n) is 10.9. The highest BCUT2D eigenvalue weighted by Crippen LogP contribution is 2.18. The number of carbonyl (C=O) groups is 2. The van der Waals surface area contributed by atoms with Gasteiger partial charge in [-0.05, 0) is 25.1 Å². The number of carboxylic acids is 1. The molecule has 6 nitrogen and oxygen atoms in total. The van der Waals surface area contributed by atoms with Gasteiger partial charge in [-0.15, -0.1) is 0 Å². The molecular formula is C13H16ClNO5. The van der Waals surface area contributed by atoms with Crippen molar-refractivity contribution in [2.24, 2.45) is 0 Å². The highest BCUT2D eigenvalue weighted by molar-refractivity contribution is 6.30. The fourth-order valence-electron chi connectivity index (χ4n) is 1.40. The Morgan fingerprint density at radius 3 is 2.75 bits per heavy atom. The van der Waals surface area contributed by atoms with Gasteiger partial charge in [0.25, 0.3) is 5.91 Å². The van der Waals surface area contributed by atoms with Crippen molar-refractivity contribution in [3.05, 3.63) is 29.3 Å². The van der Waals surface area contributed by atoms with Crippen LogP contribution < -0.4 is 10.1 Å². The Hall–Kier alpha value is -1.79. The van der Waals surface area contributed by atoms with Crippen molar-refractivity contribution in [3.8, 4) is 5.75 Å². The Morgan fingerprint density at radius 1 is 1.45 bits per heavy atom. The van der Waals surface area contributed by atoms with Crippen LogP contribution in [0, 0.1) is 0 Å². The van der Waals surface area contributed by atoms with Crippen LogP contribution in [0.4, 0.5) is 0 Å². The topological polar surface area (TPSA) is 95.9 Å². The molecule has 0 bridgehead atoms. The predicted molar refractivity (Wildman–Crippen MR) is 72.8 cm³/mol. The second-order valence-electron chi connectivity index (χ2n) is 4.15. The first-order valence-electron chi connectivity index (χ1n) is 6.01. The molecule has 0 aliphatic carbocycles. The van der Waals surface area contributed by atoms with Crippen LogP contribution in [0.5, 0.6) is 5.75 Å². The largest absolute Gasteiger partial charge is 0.481 e. The lowest BCUT2D eigenvalue weighted by atomic mass is 10.2. The van der Waals surface area contributed by atoms with E-state index in [4.69, 9.17) is 26.6 Å². The summed E-state index contributed by atoms with van der Waals surface area (Å²) in [5.41, 5.74) is 0. The molecule has 1 aromatic rings. The molecule has 1 amide bonds. The van der Waals surface area contributed by atoms with Crippen molar-refractivity contribution < 1.29 is 24.5 Å². The molecule has 0 radical (unpaired) electrons. The van der Waals surface area contributed by atoms with Crippen molar-refractivity contribution in [3.63, 3.8) is 0 Å². The Labute approximate surface area is 121 Å². The van der Waals surface area contributed by atoms with Crippen LogP contribution in [0.1, 0.15) is 13.3 Å². The molecule has 1 rings (SSSR count). The number of hydrogen-bond acceptors (Lipinski definition) is 4. The molecule has 2 unspecified atom stereocenters. The molecule has 20 heavy (non-hydrogen) atoms. The first-order chi connectivity index (χ1) is 9.40. The number of carboxylic acid groups (broad SMARTS) is 1. The number of ether oxygens (including phenoxy) is 1. The number of aliphatic hydroxyl groups is 1. The van der Waals surface area contributed by atoms with Crippen molar-refractivity contribution in [2.45, 2.75) is 25.6 Å². The minimum absolute atomic E-state index is 0.0511. The van der Waals surface area contributed by atoms with Crippen LogP contribution in [0.25, 0.3) is 0 Å². The molecule has 0 aliphatic heterocycles. The second kappa shape index (κ2) is 7.72. The van der Waals surface area contributed by atoms with E-state index in [1.807, 2.05) is 0 Å². The summed E-state index contributed by atoms with van der Waals surface area (Å²) in [6.07, 6.45) is -2.31. The van der Waals surface area contributed by atoms with Crippen molar-refractivity contribution in [2.75, 3.05) is 6.54 Å². The third-order valence-corrected chi connectivity index (χ3v) is 2.72. The van der Waals surface area contributed by atoms with E-state index in [2.05, 4.69) is 5.32 Å². The van der Waals surface area contributed by atoms with Gasteiger partial charge in [0.1, 0.15) is 5.75 Å². The van der Waals surface area contributed by atoms with E-state index in [0.717, 1.165) is 0 Å². The molecular weight excluding hydrogens is 286 g/mol. The van der Waals surface area contributed by atoms with Crippen LogP contribution in [0.2, 0.25) is 5.02 Å². The van der Waals surface area contributed by atoms with Gasteiger partial charge in [-0.1, -0.05) is 17.7 Å². The smallest absolute Gasteiger partial charge is 0.332 e. The molecule has 110 valence electrons. The molecule has 0 spiro atoms. The van der Waals surface area contributed by atoms with Crippen LogP contribution in [-0.4, -0.2) is 40.8 Å². The third kappa shape index (κ3) is 5.46. The Bertz CT molecular complexity index is 480. The van der Waals surface area contributed by atoms with Crippen molar-refractivity contribution >= 4 is 23.5 Å². The lowest BCUT2D eigenvalue weighted by Gasteiger charge is -2.15. The summed E-state index contributed by atoms with van der Waals surface area (Å²) in [7, 11) is 0. The summed E-state index contributed by atoms with van der Waals surface area (Å²) in [6.45, 7) is 1.61. The summed E-state index contributed by atoms with van der Waals surface area (Å²) in [6, 6.07) is 6.64. The Balaban J connectivity index is 2.38. The summed E-state index contributed by atoms with van der Waals surface area (Å²) >= 11 is 5.79. The van der Waals surface area contributed by atoms with E-state index in [1.165, 1.54) is 0 Å². The SMILES string of the molecule is CC(Oc1cccc(Cl)c1)C(=O)NCCC(O)C(=O)O. The van der Waals surface area contributed by atoms with Gasteiger partial charge in [0.15, 0.2) is 12.2 Å². The number of hydrogen-bond donors (Lipinski definition) is 3. The summed E-state index contributed by atoms with van der Waals surface area (Å²) < 4.78 is 5.39. The fraction of sp³-hybridized carbons (Fsp3) is 0.385. The standard InChI is InChI=1S/C13H16ClNO5/c1-8(20-10-4-2-3-9(14)7-10)12(17)15-6-5-11(16)13(18)19/h2-4,7-8,11,16H,5-6H2,1H3,(H,15,17)(H,18,19). The number of carbonyl (C=O) groups excluding carboxylic acids is 1. The van der Waals surface area contributed by atoms with Gasteiger partial charge in [-0.2, -0.15) is 0 Å². The minimum Gasteiger partial charge on any atom is -0.481 e. The van der Waals surface area contributed by atoms with E-state index in [1.54, 1.807) is 31.2 Å². The van der Waals surface area contributed by atoms with E-state index in [0.29, 0.717) is 10.8 Å². The van der Waals surface area contributed by atoms with Gasteiger partial charge < -0.3 is 20.3 Å². The maximum atomic E-state index is 11.7. The van der Waals surface area contributed by atoms with Gasteiger partial charge in [0.05, 0.1) is 0 Å².